The van der Waals surface area contributed by atoms with E-state index in [-0.39, 0.29) is 5.56 Å². The third-order valence-corrected chi connectivity index (χ3v) is 3.25. The molecule has 2 N–H and O–H groups in total. The minimum atomic E-state index is -1.23. The Hall–Kier alpha value is -1.46. The van der Waals surface area contributed by atoms with E-state index in [4.69, 9.17) is 5.11 Å². The number of carboxylic acid groups (broad SMARTS) is 1. The van der Waals surface area contributed by atoms with Crippen LogP contribution in [0.1, 0.15) is 22.3 Å². The van der Waals surface area contributed by atoms with Crippen LogP contribution in [-0.4, -0.2) is 42.2 Å². The molecule has 1 aromatic carbocycles. The highest BCUT2D eigenvalue weighted by Crippen LogP contribution is 2.12. The van der Waals surface area contributed by atoms with Crippen molar-refractivity contribution in [1.82, 2.24) is 10.2 Å². The zero-order valence-electron chi connectivity index (χ0n) is 10.3. The Bertz CT molecular complexity index is 451. The number of hydrogen-bond acceptors (Lipinski definition) is 3. The average Bonchev–Trinajstić information content (AvgIpc) is 2.72. The summed E-state index contributed by atoms with van der Waals surface area (Å²) in [7, 11) is 2.07. The summed E-state index contributed by atoms with van der Waals surface area (Å²) in [5, 5.41) is 12.1. The normalized spacial score (nSPS) is 20.2. The van der Waals surface area contributed by atoms with Crippen LogP contribution in [0.5, 0.6) is 0 Å². The van der Waals surface area contributed by atoms with Crippen molar-refractivity contribution in [2.75, 3.05) is 20.1 Å². The van der Waals surface area contributed by atoms with Gasteiger partial charge in [0.2, 0.25) is 0 Å². The molecular weight excluding hydrogens is 235 g/mol. The molecule has 0 spiro atoms. The zero-order valence-corrected chi connectivity index (χ0v) is 10.3. The monoisotopic (exact) mass is 252 g/mol. The Morgan fingerprint density at radius 1 is 1.61 bits per heavy atom. The summed E-state index contributed by atoms with van der Waals surface area (Å²) in [4.78, 5) is 12.9. The van der Waals surface area contributed by atoms with Gasteiger partial charge in [0.25, 0.3) is 0 Å². The number of aromatic carboxylic acids is 1. The molecule has 0 amide bonds. The first kappa shape index (κ1) is 13.0. The molecule has 0 radical (unpaired) electrons. The SMILES string of the molecule is CN1CCC(NCc2ccc(C(=O)O)c(F)c2)C1. The van der Waals surface area contributed by atoms with E-state index in [1.54, 1.807) is 6.07 Å². The topological polar surface area (TPSA) is 52.6 Å². The van der Waals surface area contributed by atoms with E-state index in [1.807, 2.05) is 0 Å². The lowest BCUT2D eigenvalue weighted by molar-refractivity contribution is 0.0692. The van der Waals surface area contributed by atoms with Crippen molar-refractivity contribution in [2.45, 2.75) is 19.0 Å². The molecule has 18 heavy (non-hydrogen) atoms. The Morgan fingerprint density at radius 3 is 2.94 bits per heavy atom. The lowest BCUT2D eigenvalue weighted by Gasteiger charge is -2.13. The lowest BCUT2D eigenvalue weighted by Crippen LogP contribution is -2.31. The van der Waals surface area contributed by atoms with Gasteiger partial charge in [0.1, 0.15) is 5.82 Å². The number of carboxylic acids is 1. The highest BCUT2D eigenvalue weighted by molar-refractivity contribution is 5.87. The molecule has 1 aliphatic rings. The van der Waals surface area contributed by atoms with Crippen LogP contribution in [-0.2, 0) is 6.54 Å². The molecule has 0 saturated carbocycles. The minimum absolute atomic E-state index is 0.278. The Morgan fingerprint density at radius 2 is 2.39 bits per heavy atom. The molecule has 1 saturated heterocycles. The highest BCUT2D eigenvalue weighted by Gasteiger charge is 2.18. The fourth-order valence-corrected chi connectivity index (χ4v) is 2.21. The van der Waals surface area contributed by atoms with E-state index < -0.39 is 11.8 Å². The first-order valence-corrected chi connectivity index (χ1v) is 6.00. The number of benzene rings is 1. The van der Waals surface area contributed by atoms with Crippen LogP contribution >= 0.6 is 0 Å². The third kappa shape index (κ3) is 3.05. The fourth-order valence-electron chi connectivity index (χ4n) is 2.21. The van der Waals surface area contributed by atoms with E-state index >= 15 is 0 Å². The van der Waals surface area contributed by atoms with Crippen molar-refractivity contribution >= 4 is 5.97 Å². The van der Waals surface area contributed by atoms with Gasteiger partial charge >= 0.3 is 5.97 Å². The van der Waals surface area contributed by atoms with Crippen molar-refractivity contribution in [1.29, 1.82) is 0 Å². The number of halogens is 1. The van der Waals surface area contributed by atoms with Gasteiger partial charge in [-0.2, -0.15) is 0 Å². The summed E-state index contributed by atoms with van der Waals surface area (Å²) in [6, 6.07) is 4.68. The molecule has 1 unspecified atom stereocenters. The summed E-state index contributed by atoms with van der Waals surface area (Å²) in [5.74, 6) is -1.91. The zero-order chi connectivity index (χ0) is 13.1. The number of hydrogen-bond donors (Lipinski definition) is 2. The quantitative estimate of drug-likeness (QED) is 0.848. The van der Waals surface area contributed by atoms with Gasteiger partial charge in [0, 0.05) is 19.1 Å². The number of carbonyl (C=O) groups is 1. The summed E-state index contributed by atoms with van der Waals surface area (Å²) in [6.45, 7) is 2.63. The predicted octanol–water partition coefficient (Wildman–Crippen LogP) is 1.32. The van der Waals surface area contributed by atoms with E-state index in [0.29, 0.717) is 12.6 Å². The molecule has 0 bridgehead atoms. The molecule has 0 aromatic heterocycles. The van der Waals surface area contributed by atoms with Gasteiger partial charge in [-0.1, -0.05) is 6.07 Å². The molecule has 1 aliphatic heterocycles. The van der Waals surface area contributed by atoms with Gasteiger partial charge in [-0.3, -0.25) is 0 Å². The Balaban J connectivity index is 1.94. The van der Waals surface area contributed by atoms with Crippen LogP contribution in [0.25, 0.3) is 0 Å². The number of likely N-dealkylation sites (tertiary alicyclic amines) is 1. The minimum Gasteiger partial charge on any atom is -0.478 e. The third-order valence-electron chi connectivity index (χ3n) is 3.25. The van der Waals surface area contributed by atoms with E-state index in [2.05, 4.69) is 17.3 Å². The number of likely N-dealkylation sites (N-methyl/N-ethyl adjacent to an activating group) is 1. The number of nitrogens with zero attached hydrogens (tertiary/aromatic N) is 1. The second-order valence-electron chi connectivity index (χ2n) is 4.75. The van der Waals surface area contributed by atoms with Crippen molar-refractivity contribution in [2.24, 2.45) is 0 Å². The Labute approximate surface area is 105 Å². The lowest BCUT2D eigenvalue weighted by atomic mass is 10.1. The van der Waals surface area contributed by atoms with Crippen LogP contribution in [0.3, 0.4) is 0 Å². The van der Waals surface area contributed by atoms with Crippen LogP contribution in [0, 0.1) is 5.82 Å². The molecule has 98 valence electrons. The van der Waals surface area contributed by atoms with Crippen molar-refractivity contribution in [3.8, 4) is 0 Å². The fraction of sp³-hybridized carbons (Fsp3) is 0.462. The highest BCUT2D eigenvalue weighted by atomic mass is 19.1. The van der Waals surface area contributed by atoms with E-state index in [1.165, 1.54) is 12.1 Å². The average molecular weight is 252 g/mol. The second kappa shape index (κ2) is 5.46. The maximum atomic E-state index is 13.4. The van der Waals surface area contributed by atoms with Gasteiger partial charge in [0.05, 0.1) is 5.56 Å². The molecular formula is C13H17FN2O2. The standard InChI is InChI=1S/C13H17FN2O2/c1-16-5-4-10(8-16)15-7-9-2-3-11(13(17)18)12(14)6-9/h2-3,6,10,15H,4-5,7-8H2,1H3,(H,17,18). The van der Waals surface area contributed by atoms with Gasteiger partial charge in [0.15, 0.2) is 0 Å². The molecule has 2 rings (SSSR count). The molecule has 1 aromatic rings. The molecule has 4 nitrogen and oxygen atoms in total. The van der Waals surface area contributed by atoms with Crippen LogP contribution in [0.2, 0.25) is 0 Å². The summed E-state index contributed by atoms with van der Waals surface area (Å²) >= 11 is 0. The number of rotatable bonds is 4. The van der Waals surface area contributed by atoms with Gasteiger partial charge in [-0.25, -0.2) is 9.18 Å². The molecule has 0 aliphatic carbocycles. The van der Waals surface area contributed by atoms with Crippen LogP contribution < -0.4 is 5.32 Å². The first-order valence-electron chi connectivity index (χ1n) is 6.00. The molecule has 1 atom stereocenters. The largest absolute Gasteiger partial charge is 0.478 e. The van der Waals surface area contributed by atoms with E-state index in [0.717, 1.165) is 25.1 Å². The van der Waals surface area contributed by atoms with Crippen molar-refractivity contribution in [3.05, 3.63) is 35.1 Å². The maximum absolute atomic E-state index is 13.4. The van der Waals surface area contributed by atoms with Gasteiger partial charge < -0.3 is 15.3 Å². The summed E-state index contributed by atoms with van der Waals surface area (Å²) in [6.07, 6.45) is 1.09. The van der Waals surface area contributed by atoms with Crippen molar-refractivity contribution in [3.63, 3.8) is 0 Å². The number of nitrogens with one attached hydrogen (secondary N) is 1. The van der Waals surface area contributed by atoms with Gasteiger partial charge in [-0.05, 0) is 37.7 Å². The maximum Gasteiger partial charge on any atom is 0.338 e. The van der Waals surface area contributed by atoms with Crippen LogP contribution in [0.4, 0.5) is 4.39 Å². The van der Waals surface area contributed by atoms with Crippen LogP contribution in [0.15, 0.2) is 18.2 Å². The molecule has 1 fully saturated rings. The second-order valence-corrected chi connectivity index (χ2v) is 4.75. The van der Waals surface area contributed by atoms with Gasteiger partial charge in [-0.15, -0.1) is 0 Å². The summed E-state index contributed by atoms with van der Waals surface area (Å²) < 4.78 is 13.4. The molecule has 5 heteroatoms. The first-order chi connectivity index (χ1) is 8.56. The van der Waals surface area contributed by atoms with E-state index in [9.17, 15) is 9.18 Å². The Kier molecular flexibility index (Phi) is 3.93. The predicted molar refractivity (Wildman–Crippen MR) is 66.1 cm³/mol. The smallest absolute Gasteiger partial charge is 0.338 e. The van der Waals surface area contributed by atoms with Crippen molar-refractivity contribution < 1.29 is 14.3 Å². The summed E-state index contributed by atoms with van der Waals surface area (Å²) in [5.41, 5.74) is 0.492. The molecule has 1 heterocycles.